The maximum absolute atomic E-state index is 12.4. The third-order valence-electron chi connectivity index (χ3n) is 4.13. The Balaban J connectivity index is 2.18. The van der Waals surface area contributed by atoms with Crippen LogP contribution >= 0.6 is 0 Å². The number of sulfonamides is 1. The van der Waals surface area contributed by atoms with E-state index in [2.05, 4.69) is 4.72 Å². The molecule has 2 atom stereocenters. The molecule has 1 aliphatic carbocycles. The van der Waals surface area contributed by atoms with E-state index >= 15 is 0 Å². The van der Waals surface area contributed by atoms with Gasteiger partial charge in [-0.05, 0) is 13.3 Å². The molecule has 0 bridgehead atoms. The lowest BCUT2D eigenvalue weighted by Crippen LogP contribution is -2.61. The molecule has 0 amide bonds. The molecule has 0 aromatic carbocycles. The molecule has 20 heavy (non-hydrogen) atoms. The number of aliphatic hydroxyl groups excluding tert-OH is 1. The number of hydrogen-bond donors (Lipinski definition) is 2. The van der Waals surface area contributed by atoms with Gasteiger partial charge in [0.15, 0.2) is 0 Å². The fourth-order valence-corrected chi connectivity index (χ4v) is 4.21. The first-order valence-corrected chi connectivity index (χ1v) is 7.96. The molecule has 0 spiro atoms. The molecular weight excluding hydrogens is 282 g/mol. The summed E-state index contributed by atoms with van der Waals surface area (Å²) in [4.78, 5) is 0.0817. The van der Waals surface area contributed by atoms with Gasteiger partial charge in [-0.25, -0.2) is 13.1 Å². The van der Waals surface area contributed by atoms with Gasteiger partial charge in [-0.1, -0.05) is 13.8 Å². The fraction of sp³-hybridized carbons (Fsp3) is 0.692. The van der Waals surface area contributed by atoms with Crippen molar-refractivity contribution in [3.63, 3.8) is 0 Å². The van der Waals surface area contributed by atoms with Crippen LogP contribution in [0.5, 0.6) is 0 Å². The highest BCUT2D eigenvalue weighted by Crippen LogP contribution is 2.43. The summed E-state index contributed by atoms with van der Waals surface area (Å²) in [5, 5.41) is 9.00. The van der Waals surface area contributed by atoms with Crippen LogP contribution in [0.4, 0.5) is 0 Å². The van der Waals surface area contributed by atoms with Gasteiger partial charge in [-0.15, -0.1) is 0 Å². The molecule has 1 aromatic rings. The summed E-state index contributed by atoms with van der Waals surface area (Å²) < 4.78 is 37.9. The minimum Gasteiger partial charge on any atom is -0.462 e. The van der Waals surface area contributed by atoms with Gasteiger partial charge in [0, 0.05) is 24.6 Å². The Bertz CT molecular complexity index is 590. The number of ether oxygens (including phenoxy) is 1. The predicted octanol–water partition coefficient (Wildman–Crippen LogP) is 1.17. The highest BCUT2D eigenvalue weighted by Gasteiger charge is 2.50. The SMILES string of the molecule is COC1CC(NS(=O)(=O)c2cc(CO)oc2C)C1(C)C. The standard InChI is InChI=1S/C13H21NO5S/c1-8-10(5-9(7-15)19-8)20(16,17)14-11-6-12(18-4)13(11,2)3/h5,11-12,14-15H,6-7H2,1-4H3. The molecule has 1 heterocycles. The lowest BCUT2D eigenvalue weighted by molar-refractivity contribution is -0.0908. The maximum atomic E-state index is 12.4. The van der Waals surface area contributed by atoms with Crippen LogP contribution in [0.25, 0.3) is 0 Å². The van der Waals surface area contributed by atoms with E-state index in [1.807, 2.05) is 13.8 Å². The topological polar surface area (TPSA) is 88.8 Å². The van der Waals surface area contributed by atoms with Crippen LogP contribution in [0.2, 0.25) is 0 Å². The second kappa shape index (κ2) is 5.14. The van der Waals surface area contributed by atoms with Gasteiger partial charge in [-0.3, -0.25) is 0 Å². The predicted molar refractivity (Wildman–Crippen MR) is 72.7 cm³/mol. The Morgan fingerprint density at radius 3 is 2.65 bits per heavy atom. The molecule has 114 valence electrons. The molecule has 1 fully saturated rings. The van der Waals surface area contributed by atoms with E-state index in [1.54, 1.807) is 14.0 Å². The first-order valence-electron chi connectivity index (χ1n) is 6.47. The smallest absolute Gasteiger partial charge is 0.244 e. The van der Waals surface area contributed by atoms with E-state index in [0.717, 1.165) is 0 Å². The molecular formula is C13H21NO5S. The maximum Gasteiger partial charge on any atom is 0.244 e. The molecule has 2 unspecified atom stereocenters. The van der Waals surface area contributed by atoms with Crippen LogP contribution in [0, 0.1) is 12.3 Å². The molecule has 1 saturated carbocycles. The van der Waals surface area contributed by atoms with Gasteiger partial charge in [-0.2, -0.15) is 0 Å². The summed E-state index contributed by atoms with van der Waals surface area (Å²) in [6.45, 7) is 5.19. The van der Waals surface area contributed by atoms with Crippen molar-refractivity contribution >= 4 is 10.0 Å². The van der Waals surface area contributed by atoms with Crippen molar-refractivity contribution in [3.8, 4) is 0 Å². The first-order chi connectivity index (χ1) is 9.22. The molecule has 1 aromatic heterocycles. The minimum absolute atomic E-state index is 0.0497. The number of furan rings is 1. The highest BCUT2D eigenvalue weighted by molar-refractivity contribution is 7.89. The third-order valence-corrected chi connectivity index (χ3v) is 5.71. The summed E-state index contributed by atoms with van der Waals surface area (Å²) in [6.07, 6.45) is 0.695. The van der Waals surface area contributed by atoms with Crippen molar-refractivity contribution in [2.24, 2.45) is 5.41 Å². The number of aliphatic hydroxyl groups is 1. The first kappa shape index (κ1) is 15.5. The van der Waals surface area contributed by atoms with Crippen molar-refractivity contribution in [1.82, 2.24) is 4.72 Å². The largest absolute Gasteiger partial charge is 0.462 e. The van der Waals surface area contributed by atoms with Crippen molar-refractivity contribution in [2.75, 3.05) is 7.11 Å². The fourth-order valence-electron chi connectivity index (χ4n) is 2.61. The van der Waals surface area contributed by atoms with Crippen LogP contribution < -0.4 is 4.72 Å². The number of aryl methyl sites for hydroxylation is 1. The van der Waals surface area contributed by atoms with E-state index in [0.29, 0.717) is 6.42 Å². The van der Waals surface area contributed by atoms with E-state index in [1.165, 1.54) is 6.07 Å². The quantitative estimate of drug-likeness (QED) is 0.852. The molecule has 6 nitrogen and oxygen atoms in total. The zero-order valence-corrected chi connectivity index (χ0v) is 13.0. The Labute approximate surface area is 119 Å². The van der Waals surface area contributed by atoms with Gasteiger partial charge < -0.3 is 14.3 Å². The Morgan fingerprint density at radius 1 is 1.55 bits per heavy atom. The Kier molecular flexibility index (Phi) is 3.98. The van der Waals surface area contributed by atoms with E-state index in [9.17, 15) is 8.42 Å². The van der Waals surface area contributed by atoms with Gasteiger partial charge in [0.05, 0.1) is 6.10 Å². The van der Waals surface area contributed by atoms with Gasteiger partial charge in [0.2, 0.25) is 10.0 Å². The normalized spacial score (nSPS) is 25.4. The van der Waals surface area contributed by atoms with Gasteiger partial charge in [0.1, 0.15) is 23.0 Å². The lowest BCUT2D eigenvalue weighted by Gasteiger charge is -2.50. The monoisotopic (exact) mass is 303 g/mol. The molecule has 2 N–H and O–H groups in total. The third kappa shape index (κ3) is 2.50. The zero-order chi connectivity index (χ0) is 15.1. The van der Waals surface area contributed by atoms with Crippen molar-refractivity contribution < 1.29 is 22.7 Å². The average molecular weight is 303 g/mol. The van der Waals surface area contributed by atoms with Gasteiger partial charge >= 0.3 is 0 Å². The highest BCUT2D eigenvalue weighted by atomic mass is 32.2. The summed E-state index contributed by atoms with van der Waals surface area (Å²) in [6, 6.07) is 1.18. The molecule has 0 aliphatic heterocycles. The van der Waals surface area contributed by atoms with Gasteiger partial charge in [0.25, 0.3) is 0 Å². The Morgan fingerprint density at radius 2 is 2.20 bits per heavy atom. The van der Waals surface area contributed by atoms with E-state index < -0.39 is 10.0 Å². The van der Waals surface area contributed by atoms with Crippen molar-refractivity contribution in [3.05, 3.63) is 17.6 Å². The number of methoxy groups -OCH3 is 1. The molecule has 2 rings (SSSR count). The summed E-state index contributed by atoms with van der Waals surface area (Å²) in [7, 11) is -2.02. The van der Waals surface area contributed by atoms with E-state index in [-0.39, 0.29) is 40.6 Å². The Hall–Kier alpha value is -0.890. The van der Waals surface area contributed by atoms with Crippen LogP contribution in [0.15, 0.2) is 15.4 Å². The summed E-state index contributed by atoms with van der Waals surface area (Å²) >= 11 is 0. The van der Waals surface area contributed by atoms with Crippen LogP contribution in [-0.4, -0.2) is 32.8 Å². The summed E-state index contributed by atoms with van der Waals surface area (Å²) in [5.41, 5.74) is -0.251. The molecule has 0 radical (unpaired) electrons. The average Bonchev–Trinajstić information content (AvgIpc) is 2.76. The second-order valence-corrected chi connectivity index (χ2v) is 7.43. The van der Waals surface area contributed by atoms with Crippen LogP contribution in [-0.2, 0) is 21.4 Å². The molecule has 7 heteroatoms. The second-order valence-electron chi connectivity index (χ2n) is 5.75. The van der Waals surface area contributed by atoms with E-state index in [4.69, 9.17) is 14.3 Å². The summed E-state index contributed by atoms with van der Waals surface area (Å²) in [5.74, 6) is 0.521. The zero-order valence-electron chi connectivity index (χ0n) is 12.1. The number of nitrogens with one attached hydrogen (secondary N) is 1. The number of rotatable bonds is 5. The van der Waals surface area contributed by atoms with Crippen molar-refractivity contribution in [2.45, 2.75) is 50.8 Å². The van der Waals surface area contributed by atoms with Crippen LogP contribution in [0.3, 0.4) is 0 Å². The molecule has 1 aliphatic rings. The minimum atomic E-state index is -3.65. The molecule has 0 saturated heterocycles. The van der Waals surface area contributed by atoms with Crippen LogP contribution in [0.1, 0.15) is 31.8 Å². The van der Waals surface area contributed by atoms with Crippen molar-refractivity contribution in [1.29, 1.82) is 0 Å². The lowest BCUT2D eigenvalue weighted by atomic mass is 9.65. The number of hydrogen-bond acceptors (Lipinski definition) is 5.